The number of alkyl halides is 7. The van der Waals surface area contributed by atoms with Crippen molar-refractivity contribution >= 4 is 17.7 Å². The zero-order valence-corrected chi connectivity index (χ0v) is 23.7. The third-order valence-corrected chi connectivity index (χ3v) is 9.07. The van der Waals surface area contributed by atoms with Crippen LogP contribution in [0.3, 0.4) is 0 Å². The largest absolute Gasteiger partial charge is 0.461 e. The molecule has 2 aromatic carbocycles. The van der Waals surface area contributed by atoms with Gasteiger partial charge >= 0.3 is 18.7 Å². The van der Waals surface area contributed by atoms with Gasteiger partial charge in [-0.25, -0.2) is 9.07 Å². The molecule has 0 radical (unpaired) electrons. The number of allylic oxidation sites excluding steroid dienone is 3. The van der Waals surface area contributed by atoms with Crippen LogP contribution in [0.1, 0.15) is 37.4 Å². The number of benzene rings is 2. The highest BCUT2D eigenvalue weighted by molar-refractivity contribution is 5.93. The first-order chi connectivity index (χ1) is 21.2. The van der Waals surface area contributed by atoms with Gasteiger partial charge in [-0.1, -0.05) is 30.2 Å². The monoisotopic (exact) mass is 637 g/mol. The molecular formula is C32H27F8N3O2. The molecule has 0 spiro atoms. The number of hydrogen-bond donors (Lipinski definition) is 1. The summed E-state index contributed by atoms with van der Waals surface area (Å²) in [7, 11) is 0. The van der Waals surface area contributed by atoms with E-state index in [-0.39, 0.29) is 12.1 Å². The standard InChI is InChI=1S/C32H27F8N3O2/c1-30-15-17-16-41-43(21-8-6-19(33)7-9-21)26(17)13-18(30)5-10-23-24(30)11-12-25(31(36,37)38)27(23)28(44)42-20-3-2-4-22(14-20)45-32(39,40)29(34)35/h2-4,6-9,11,13-14,16,23,25,27,29H,5,10,12,15H2,1H3,(H,42,44)/t23-,25+,27+,30-/m0/s1. The zero-order valence-electron chi connectivity index (χ0n) is 23.7. The lowest BCUT2D eigenvalue weighted by Gasteiger charge is -2.50. The van der Waals surface area contributed by atoms with Crippen LogP contribution in [0, 0.1) is 29.0 Å². The van der Waals surface area contributed by atoms with Crippen LogP contribution in [-0.2, 0) is 11.2 Å². The van der Waals surface area contributed by atoms with E-state index in [0.29, 0.717) is 18.5 Å². The molecule has 45 heavy (non-hydrogen) atoms. The normalized spacial score (nSPS) is 24.6. The van der Waals surface area contributed by atoms with E-state index < -0.39 is 65.8 Å². The van der Waals surface area contributed by atoms with Crippen molar-refractivity contribution in [1.82, 2.24) is 9.78 Å². The number of nitrogens with one attached hydrogen (secondary N) is 1. The van der Waals surface area contributed by atoms with Gasteiger partial charge in [-0.15, -0.1) is 0 Å². The topological polar surface area (TPSA) is 56.2 Å². The van der Waals surface area contributed by atoms with Crippen molar-refractivity contribution in [2.75, 3.05) is 5.32 Å². The summed E-state index contributed by atoms with van der Waals surface area (Å²) < 4.78 is 114. The summed E-state index contributed by atoms with van der Waals surface area (Å²) in [5, 5.41) is 6.88. The maximum Gasteiger partial charge on any atom is 0.461 e. The predicted octanol–water partition coefficient (Wildman–Crippen LogP) is 8.37. The lowest BCUT2D eigenvalue weighted by Crippen LogP contribution is -2.49. The Bertz CT molecular complexity index is 1680. The summed E-state index contributed by atoms with van der Waals surface area (Å²) in [6.45, 7) is 1.95. The molecule has 238 valence electrons. The van der Waals surface area contributed by atoms with Crippen LogP contribution in [-0.4, -0.2) is 34.4 Å². The van der Waals surface area contributed by atoms with Gasteiger partial charge in [-0.2, -0.15) is 35.8 Å². The Morgan fingerprint density at radius 2 is 1.84 bits per heavy atom. The van der Waals surface area contributed by atoms with Gasteiger partial charge in [0.1, 0.15) is 11.6 Å². The Morgan fingerprint density at radius 1 is 1.11 bits per heavy atom. The average molecular weight is 638 g/mol. The summed E-state index contributed by atoms with van der Waals surface area (Å²) in [6.07, 6.45) is -7.72. The van der Waals surface area contributed by atoms with Crippen molar-refractivity contribution in [3.05, 3.63) is 89.0 Å². The Balaban J connectivity index is 1.30. The quantitative estimate of drug-likeness (QED) is 0.218. The minimum Gasteiger partial charge on any atom is -0.428 e. The second-order valence-electron chi connectivity index (χ2n) is 11.8. The van der Waals surface area contributed by atoms with Crippen molar-refractivity contribution in [1.29, 1.82) is 0 Å². The Morgan fingerprint density at radius 3 is 2.53 bits per heavy atom. The second-order valence-corrected chi connectivity index (χ2v) is 11.8. The van der Waals surface area contributed by atoms with Gasteiger partial charge in [-0.3, -0.25) is 4.79 Å². The molecule has 0 bridgehead atoms. The molecule has 13 heteroatoms. The van der Waals surface area contributed by atoms with Crippen molar-refractivity contribution < 1.29 is 44.7 Å². The minimum atomic E-state index is -4.80. The number of hydrogen-bond acceptors (Lipinski definition) is 3. The van der Waals surface area contributed by atoms with Gasteiger partial charge in [0, 0.05) is 17.2 Å². The summed E-state index contributed by atoms with van der Waals surface area (Å²) in [5.41, 5.74) is 3.15. The van der Waals surface area contributed by atoms with Gasteiger partial charge in [-0.05, 0) is 79.6 Å². The van der Waals surface area contributed by atoms with E-state index >= 15 is 0 Å². The molecule has 3 aromatic rings. The fourth-order valence-corrected chi connectivity index (χ4v) is 7.00. The lowest BCUT2D eigenvalue weighted by molar-refractivity contribution is -0.253. The Labute approximate surface area is 252 Å². The van der Waals surface area contributed by atoms with Crippen molar-refractivity contribution in [2.45, 2.75) is 51.3 Å². The van der Waals surface area contributed by atoms with Crippen molar-refractivity contribution in [3.8, 4) is 11.4 Å². The third-order valence-electron chi connectivity index (χ3n) is 9.07. The molecule has 6 rings (SSSR count). The van der Waals surface area contributed by atoms with Gasteiger partial charge in [0.05, 0.1) is 29.4 Å². The predicted molar refractivity (Wildman–Crippen MR) is 148 cm³/mol. The maximum atomic E-state index is 14.4. The summed E-state index contributed by atoms with van der Waals surface area (Å²) >= 11 is 0. The lowest BCUT2D eigenvalue weighted by atomic mass is 9.54. The van der Waals surface area contributed by atoms with Crippen LogP contribution >= 0.6 is 0 Å². The number of carbonyl (C=O) groups is 1. The molecule has 3 aliphatic rings. The molecule has 1 amide bonds. The number of halogens is 8. The summed E-state index contributed by atoms with van der Waals surface area (Å²) in [6, 6.07) is 10.1. The molecule has 5 nitrogen and oxygen atoms in total. The Hall–Kier alpha value is -4.16. The number of nitrogens with zero attached hydrogens (tertiary/aromatic N) is 2. The molecule has 0 unspecified atom stereocenters. The highest BCUT2D eigenvalue weighted by Gasteiger charge is 2.56. The van der Waals surface area contributed by atoms with Gasteiger partial charge in [0.15, 0.2) is 0 Å². The molecule has 1 saturated carbocycles. The first kappa shape index (κ1) is 30.8. The molecule has 1 fully saturated rings. The third kappa shape index (κ3) is 5.61. The molecular weight excluding hydrogens is 610 g/mol. The van der Waals surface area contributed by atoms with Crippen LogP contribution in [0.5, 0.6) is 5.75 Å². The summed E-state index contributed by atoms with van der Waals surface area (Å²) in [4.78, 5) is 13.6. The SMILES string of the molecule is C[C@]12Cc3cnn(-c4ccc(F)cc4)c3C=C1CC[C@H]1C2=CC[C@@H](C(F)(F)F)[C@@H]1C(=O)Nc1cccc(OC(F)(F)C(F)F)c1. The number of ether oxygens (including phenoxy) is 1. The van der Waals surface area contributed by atoms with Crippen LogP contribution in [0.15, 0.2) is 72.0 Å². The van der Waals surface area contributed by atoms with Crippen LogP contribution in [0.4, 0.5) is 40.8 Å². The summed E-state index contributed by atoms with van der Waals surface area (Å²) in [5.74, 6) is -6.33. The molecule has 0 saturated heterocycles. The van der Waals surface area contributed by atoms with Crippen LogP contribution < -0.4 is 10.1 Å². The van der Waals surface area contributed by atoms with E-state index in [1.54, 1.807) is 29.1 Å². The number of amides is 1. The minimum absolute atomic E-state index is 0.169. The number of anilines is 1. The maximum absolute atomic E-state index is 14.4. The van der Waals surface area contributed by atoms with Gasteiger partial charge < -0.3 is 10.1 Å². The van der Waals surface area contributed by atoms with E-state index in [4.69, 9.17) is 0 Å². The molecule has 1 aromatic heterocycles. The van der Waals surface area contributed by atoms with E-state index in [1.807, 2.05) is 13.0 Å². The fourth-order valence-electron chi connectivity index (χ4n) is 7.00. The van der Waals surface area contributed by atoms with Gasteiger partial charge in [0.2, 0.25) is 5.91 Å². The second kappa shape index (κ2) is 11.0. The first-order valence-electron chi connectivity index (χ1n) is 14.2. The number of carbonyl (C=O) groups excluding carboxylic acids is 1. The number of fused-ring (bicyclic) bond motifs is 4. The van der Waals surface area contributed by atoms with Crippen LogP contribution in [0.2, 0.25) is 0 Å². The smallest absolute Gasteiger partial charge is 0.428 e. The number of rotatable bonds is 6. The van der Waals surface area contributed by atoms with E-state index in [2.05, 4.69) is 15.2 Å². The molecule has 1 N–H and O–H groups in total. The first-order valence-corrected chi connectivity index (χ1v) is 14.2. The van der Waals surface area contributed by atoms with Gasteiger partial charge in [0.25, 0.3) is 0 Å². The van der Waals surface area contributed by atoms with Crippen molar-refractivity contribution in [2.24, 2.45) is 23.2 Å². The highest BCUT2D eigenvalue weighted by Crippen LogP contribution is 2.59. The Kier molecular flexibility index (Phi) is 7.56. The molecule has 4 atom stereocenters. The van der Waals surface area contributed by atoms with Crippen molar-refractivity contribution in [3.63, 3.8) is 0 Å². The zero-order chi connectivity index (χ0) is 32.3. The highest BCUT2D eigenvalue weighted by atomic mass is 19.4. The van der Waals surface area contributed by atoms with E-state index in [0.717, 1.165) is 40.6 Å². The average Bonchev–Trinajstić information content (AvgIpc) is 3.37. The number of aromatic nitrogens is 2. The fraction of sp³-hybridized carbons (Fsp3) is 0.375. The molecule has 0 aliphatic heterocycles. The molecule has 1 heterocycles. The van der Waals surface area contributed by atoms with E-state index in [1.165, 1.54) is 18.2 Å². The van der Waals surface area contributed by atoms with E-state index in [9.17, 15) is 39.9 Å². The van der Waals surface area contributed by atoms with Crippen LogP contribution in [0.25, 0.3) is 11.8 Å². The molecule has 3 aliphatic carbocycles.